The Bertz CT molecular complexity index is 1260. The lowest BCUT2D eigenvalue weighted by molar-refractivity contribution is 0.205. The van der Waals surface area contributed by atoms with Crippen molar-refractivity contribution < 1.29 is 19.0 Å². The molecule has 0 spiro atoms. The van der Waals surface area contributed by atoms with Gasteiger partial charge in [0.25, 0.3) is 0 Å². The Balaban J connectivity index is 1.65. The van der Waals surface area contributed by atoms with Crippen LogP contribution in [0.25, 0.3) is 10.2 Å². The minimum atomic E-state index is -1.13. The van der Waals surface area contributed by atoms with E-state index < -0.39 is 18.0 Å². The van der Waals surface area contributed by atoms with Crippen LogP contribution < -0.4 is 9.64 Å². The van der Waals surface area contributed by atoms with Crippen LogP contribution in [0, 0.1) is 12.7 Å². The normalized spacial score (nSPS) is 12.0. The van der Waals surface area contributed by atoms with Gasteiger partial charge in [-0.3, -0.25) is 0 Å². The van der Waals surface area contributed by atoms with E-state index in [4.69, 9.17) is 16.3 Å². The molecule has 0 aliphatic rings. The maximum Gasteiger partial charge on any atom is 0.418 e. The summed E-state index contributed by atoms with van der Waals surface area (Å²) in [6, 6.07) is 17.0. The van der Waals surface area contributed by atoms with Gasteiger partial charge >= 0.3 is 6.09 Å². The van der Waals surface area contributed by atoms with Gasteiger partial charge in [-0.05, 0) is 55.8 Å². The Labute approximate surface area is 187 Å². The number of para-hydroxylation sites is 1. The van der Waals surface area contributed by atoms with Crippen LogP contribution in [-0.2, 0) is 0 Å². The summed E-state index contributed by atoms with van der Waals surface area (Å²) < 4.78 is 21.0. The zero-order chi connectivity index (χ0) is 22.1. The maximum absolute atomic E-state index is 14.3. The molecule has 0 aliphatic heterocycles. The van der Waals surface area contributed by atoms with E-state index in [1.54, 1.807) is 55.5 Å². The van der Waals surface area contributed by atoms with Crippen molar-refractivity contribution in [2.24, 2.45) is 0 Å². The first kappa shape index (κ1) is 21.1. The Kier molecular flexibility index (Phi) is 5.80. The zero-order valence-electron chi connectivity index (χ0n) is 16.7. The molecule has 1 amide bonds. The summed E-state index contributed by atoms with van der Waals surface area (Å²) in [5, 5.41) is 10.4. The van der Waals surface area contributed by atoms with Gasteiger partial charge in [0, 0.05) is 5.56 Å². The Hall–Kier alpha value is -3.16. The van der Waals surface area contributed by atoms with Crippen LogP contribution in [0.4, 0.5) is 20.0 Å². The summed E-state index contributed by atoms with van der Waals surface area (Å²) in [6.07, 6.45) is -1.74. The molecule has 0 saturated carbocycles. The molecule has 1 unspecified atom stereocenters. The highest BCUT2D eigenvalue weighted by Crippen LogP contribution is 2.37. The molecule has 158 valence electrons. The molecule has 0 aliphatic carbocycles. The lowest BCUT2D eigenvalue weighted by Crippen LogP contribution is -2.23. The lowest BCUT2D eigenvalue weighted by Gasteiger charge is -2.18. The molecule has 4 aromatic rings. The summed E-state index contributed by atoms with van der Waals surface area (Å²) >= 11 is 7.52. The molecule has 0 bridgehead atoms. The average Bonchev–Trinajstić information content (AvgIpc) is 3.14. The van der Waals surface area contributed by atoms with Crippen molar-refractivity contribution in [1.82, 2.24) is 4.98 Å². The average molecular weight is 457 g/mol. The fourth-order valence-electron chi connectivity index (χ4n) is 3.26. The number of fused-ring (bicyclic) bond motifs is 1. The standard InChI is InChI=1S/C23H18ClFN2O3S/c1-13-8-10-17(25)20(21(13)24)14(2)30-16-9-11-18-19(12-16)31-22(26-18)27(23(28)29)15-6-4-3-5-7-15/h3-12,14H,1-2H3,(H,28,29). The van der Waals surface area contributed by atoms with E-state index in [0.29, 0.717) is 32.7 Å². The second-order valence-corrected chi connectivity index (χ2v) is 8.32. The molecule has 4 rings (SSSR count). The van der Waals surface area contributed by atoms with Crippen molar-refractivity contribution in [2.75, 3.05) is 4.90 Å². The van der Waals surface area contributed by atoms with Gasteiger partial charge in [-0.2, -0.15) is 0 Å². The van der Waals surface area contributed by atoms with Crippen LogP contribution in [0.1, 0.15) is 24.2 Å². The summed E-state index contributed by atoms with van der Waals surface area (Å²) in [6.45, 7) is 3.54. The minimum absolute atomic E-state index is 0.299. The van der Waals surface area contributed by atoms with E-state index in [9.17, 15) is 14.3 Å². The van der Waals surface area contributed by atoms with Crippen LogP contribution in [0.3, 0.4) is 0 Å². The minimum Gasteiger partial charge on any atom is -0.486 e. The summed E-state index contributed by atoms with van der Waals surface area (Å²) in [4.78, 5) is 17.4. The molecule has 0 fully saturated rings. The first-order chi connectivity index (χ1) is 14.8. The van der Waals surface area contributed by atoms with Gasteiger partial charge in [0.1, 0.15) is 17.7 Å². The van der Waals surface area contributed by atoms with Crippen molar-refractivity contribution in [3.8, 4) is 5.75 Å². The van der Waals surface area contributed by atoms with Gasteiger partial charge < -0.3 is 9.84 Å². The van der Waals surface area contributed by atoms with Crippen LogP contribution in [0.15, 0.2) is 60.7 Å². The van der Waals surface area contributed by atoms with E-state index in [2.05, 4.69) is 4.98 Å². The monoisotopic (exact) mass is 456 g/mol. The van der Waals surface area contributed by atoms with Crippen LogP contribution in [0.2, 0.25) is 5.02 Å². The Morgan fingerprint density at radius 3 is 2.65 bits per heavy atom. The molecule has 8 heteroatoms. The quantitative estimate of drug-likeness (QED) is 0.341. The van der Waals surface area contributed by atoms with Gasteiger partial charge in [0.05, 0.1) is 20.9 Å². The molecule has 1 heterocycles. The third-order valence-corrected chi connectivity index (χ3v) is 6.29. The Morgan fingerprint density at radius 1 is 1.19 bits per heavy atom. The molecule has 0 saturated heterocycles. The molecule has 1 atom stereocenters. The molecule has 1 aromatic heterocycles. The van der Waals surface area contributed by atoms with Crippen LogP contribution in [-0.4, -0.2) is 16.2 Å². The van der Waals surface area contributed by atoms with E-state index in [1.807, 2.05) is 13.0 Å². The summed E-state index contributed by atoms with van der Waals surface area (Å²) in [7, 11) is 0. The van der Waals surface area contributed by atoms with E-state index in [-0.39, 0.29) is 0 Å². The number of hydrogen-bond acceptors (Lipinski definition) is 4. The number of halogens is 2. The highest BCUT2D eigenvalue weighted by atomic mass is 35.5. The van der Waals surface area contributed by atoms with Gasteiger partial charge in [-0.1, -0.05) is 47.2 Å². The number of rotatable bonds is 5. The molecule has 0 radical (unpaired) electrons. The highest BCUT2D eigenvalue weighted by Gasteiger charge is 2.22. The van der Waals surface area contributed by atoms with Crippen molar-refractivity contribution in [3.63, 3.8) is 0 Å². The highest BCUT2D eigenvalue weighted by molar-refractivity contribution is 7.22. The van der Waals surface area contributed by atoms with Crippen LogP contribution >= 0.6 is 22.9 Å². The van der Waals surface area contributed by atoms with Crippen molar-refractivity contribution in [2.45, 2.75) is 20.0 Å². The second kappa shape index (κ2) is 8.53. The molecular weight excluding hydrogens is 439 g/mol. The second-order valence-electron chi connectivity index (χ2n) is 6.93. The zero-order valence-corrected chi connectivity index (χ0v) is 18.2. The predicted molar refractivity (Wildman–Crippen MR) is 121 cm³/mol. The molecule has 31 heavy (non-hydrogen) atoms. The molecule has 1 N–H and O–H groups in total. The third kappa shape index (κ3) is 4.19. The molecule has 5 nitrogen and oxygen atoms in total. The number of nitrogens with zero attached hydrogens (tertiary/aromatic N) is 2. The number of aryl methyl sites for hydroxylation is 1. The maximum atomic E-state index is 14.3. The molecular formula is C23H18ClFN2O3S. The first-order valence-corrected chi connectivity index (χ1v) is 10.6. The number of carboxylic acid groups (broad SMARTS) is 1. The van der Waals surface area contributed by atoms with E-state index in [1.165, 1.54) is 17.4 Å². The van der Waals surface area contributed by atoms with E-state index >= 15 is 0 Å². The Morgan fingerprint density at radius 2 is 1.94 bits per heavy atom. The summed E-state index contributed by atoms with van der Waals surface area (Å²) in [5.41, 5.74) is 2.21. The van der Waals surface area contributed by atoms with Crippen LogP contribution in [0.5, 0.6) is 5.75 Å². The van der Waals surface area contributed by atoms with Crippen molar-refractivity contribution >= 4 is 50.1 Å². The number of carbonyl (C=O) groups is 1. The number of hydrogen-bond donors (Lipinski definition) is 1. The largest absolute Gasteiger partial charge is 0.486 e. The first-order valence-electron chi connectivity index (χ1n) is 9.45. The SMILES string of the molecule is Cc1ccc(F)c(C(C)Oc2ccc3nc(N(C(=O)O)c4ccccc4)sc3c2)c1Cl. The van der Waals surface area contributed by atoms with Gasteiger partial charge in [-0.15, -0.1) is 0 Å². The van der Waals surface area contributed by atoms with Crippen molar-refractivity contribution in [1.29, 1.82) is 0 Å². The van der Waals surface area contributed by atoms with Gasteiger partial charge in [0.15, 0.2) is 0 Å². The van der Waals surface area contributed by atoms with Crippen molar-refractivity contribution in [3.05, 3.63) is 82.6 Å². The fourth-order valence-corrected chi connectivity index (χ4v) is 4.57. The molecule has 3 aromatic carbocycles. The lowest BCUT2D eigenvalue weighted by atomic mass is 10.1. The number of thiazole rings is 1. The van der Waals surface area contributed by atoms with Gasteiger partial charge in [0.2, 0.25) is 5.13 Å². The number of benzene rings is 3. The smallest absolute Gasteiger partial charge is 0.418 e. The third-order valence-electron chi connectivity index (χ3n) is 4.78. The number of amides is 1. The number of ether oxygens (including phenoxy) is 1. The van der Waals surface area contributed by atoms with Gasteiger partial charge in [-0.25, -0.2) is 19.1 Å². The predicted octanol–water partition coefficient (Wildman–Crippen LogP) is 7.35. The number of aromatic nitrogens is 1. The topological polar surface area (TPSA) is 62.7 Å². The number of anilines is 2. The summed E-state index contributed by atoms with van der Waals surface area (Å²) in [5.74, 6) is 0.0815. The fraction of sp³-hybridized carbons (Fsp3) is 0.130. The van der Waals surface area contributed by atoms with E-state index in [0.717, 1.165) is 15.2 Å².